The van der Waals surface area contributed by atoms with Crippen LogP contribution < -0.4 is 0 Å². The molecule has 2 rings (SSSR count). The summed E-state index contributed by atoms with van der Waals surface area (Å²) in [6.45, 7) is 7.33. The van der Waals surface area contributed by atoms with Gasteiger partial charge in [-0.2, -0.15) is 0 Å². The molecule has 19 heavy (non-hydrogen) atoms. The highest BCUT2D eigenvalue weighted by Crippen LogP contribution is 2.22. The van der Waals surface area contributed by atoms with Gasteiger partial charge in [0.05, 0.1) is 13.0 Å². The summed E-state index contributed by atoms with van der Waals surface area (Å²) < 4.78 is 7.06. The number of aromatic nitrogens is 1. The zero-order valence-electron chi connectivity index (χ0n) is 11.8. The third kappa shape index (κ3) is 3.16. The monoisotopic (exact) mass is 259 g/mol. The van der Waals surface area contributed by atoms with E-state index in [1.807, 2.05) is 13.1 Å². The molecule has 0 N–H and O–H groups in total. The molecule has 0 spiro atoms. The van der Waals surface area contributed by atoms with E-state index in [0.717, 1.165) is 0 Å². The first-order valence-electron chi connectivity index (χ1n) is 6.86. The van der Waals surface area contributed by atoms with E-state index in [4.69, 9.17) is 4.74 Å². The third-order valence-corrected chi connectivity index (χ3v) is 3.32. The number of esters is 1. The van der Waals surface area contributed by atoms with Crippen LogP contribution in [-0.2, 0) is 16.1 Å². The van der Waals surface area contributed by atoms with Crippen LogP contribution in [-0.4, -0.2) is 17.1 Å². The Morgan fingerprint density at radius 2 is 2.11 bits per heavy atom. The van der Waals surface area contributed by atoms with Crippen LogP contribution in [0.1, 0.15) is 38.7 Å². The van der Waals surface area contributed by atoms with Crippen LogP contribution in [0.2, 0.25) is 0 Å². The van der Waals surface area contributed by atoms with Crippen LogP contribution in [0.5, 0.6) is 0 Å². The molecule has 0 fully saturated rings. The largest absolute Gasteiger partial charge is 0.466 e. The molecule has 1 heterocycles. The summed E-state index contributed by atoms with van der Waals surface area (Å²) in [5.41, 5.74) is 2.52. The van der Waals surface area contributed by atoms with Crippen LogP contribution in [0.4, 0.5) is 0 Å². The van der Waals surface area contributed by atoms with Gasteiger partial charge in [-0.3, -0.25) is 4.79 Å². The first kappa shape index (κ1) is 13.7. The van der Waals surface area contributed by atoms with E-state index in [-0.39, 0.29) is 5.97 Å². The Morgan fingerprint density at radius 3 is 2.79 bits per heavy atom. The Balaban J connectivity index is 2.14. The highest BCUT2D eigenvalue weighted by molar-refractivity contribution is 5.81. The molecule has 0 atom stereocenters. The summed E-state index contributed by atoms with van der Waals surface area (Å²) in [6, 6.07) is 8.62. The summed E-state index contributed by atoms with van der Waals surface area (Å²) in [5, 5.41) is 1.23. The fourth-order valence-corrected chi connectivity index (χ4v) is 2.22. The maximum absolute atomic E-state index is 11.4. The number of ether oxygens (including phenoxy) is 1. The molecule has 0 saturated carbocycles. The second-order valence-electron chi connectivity index (χ2n) is 5.04. The quantitative estimate of drug-likeness (QED) is 0.766. The number of nitrogens with zero attached hydrogens (tertiary/aromatic N) is 1. The number of carbonyl (C=O) groups excluding carboxylic acids is 1. The van der Waals surface area contributed by atoms with Crippen molar-refractivity contribution in [1.82, 2.24) is 4.57 Å². The highest BCUT2D eigenvalue weighted by atomic mass is 16.5. The summed E-state index contributed by atoms with van der Waals surface area (Å²) in [4.78, 5) is 11.4. The number of carbonyl (C=O) groups is 1. The van der Waals surface area contributed by atoms with Crippen molar-refractivity contribution in [3.63, 3.8) is 0 Å². The van der Waals surface area contributed by atoms with E-state index in [9.17, 15) is 4.79 Å². The van der Waals surface area contributed by atoms with Gasteiger partial charge in [0.2, 0.25) is 0 Å². The molecule has 0 amide bonds. The van der Waals surface area contributed by atoms with Crippen molar-refractivity contribution >= 4 is 16.9 Å². The first-order chi connectivity index (χ1) is 9.11. The van der Waals surface area contributed by atoms with Crippen molar-refractivity contribution in [2.75, 3.05) is 6.61 Å². The van der Waals surface area contributed by atoms with E-state index in [0.29, 0.717) is 25.5 Å². The maximum atomic E-state index is 11.4. The molecule has 0 saturated heterocycles. The summed E-state index contributed by atoms with van der Waals surface area (Å²) >= 11 is 0. The average molecular weight is 259 g/mol. The van der Waals surface area contributed by atoms with Gasteiger partial charge in [0.25, 0.3) is 0 Å². The molecule has 0 radical (unpaired) electrons. The summed E-state index contributed by atoms with van der Waals surface area (Å²) in [5.74, 6) is 0.399. The SMILES string of the molecule is CCOC(=O)CCn1ccc2cc(C(C)C)ccc21. The Labute approximate surface area is 114 Å². The van der Waals surface area contributed by atoms with Crippen molar-refractivity contribution in [3.8, 4) is 0 Å². The number of aryl methyl sites for hydroxylation is 1. The standard InChI is InChI=1S/C16H21NO2/c1-4-19-16(18)8-10-17-9-7-14-11-13(12(2)3)5-6-15(14)17/h5-7,9,11-12H,4,8,10H2,1-3H3. The Hall–Kier alpha value is -1.77. The second kappa shape index (κ2) is 5.91. The maximum Gasteiger partial charge on any atom is 0.307 e. The molecule has 3 heteroatoms. The van der Waals surface area contributed by atoms with Crippen LogP contribution in [0.3, 0.4) is 0 Å². The van der Waals surface area contributed by atoms with Gasteiger partial charge in [0, 0.05) is 18.3 Å². The molecular formula is C16H21NO2. The van der Waals surface area contributed by atoms with E-state index in [2.05, 4.69) is 42.7 Å². The summed E-state index contributed by atoms with van der Waals surface area (Å²) in [6.07, 6.45) is 2.46. The lowest BCUT2D eigenvalue weighted by Gasteiger charge is -2.08. The number of hydrogen-bond donors (Lipinski definition) is 0. The predicted molar refractivity (Wildman–Crippen MR) is 77.3 cm³/mol. The number of benzene rings is 1. The predicted octanol–water partition coefficient (Wildman–Crippen LogP) is 3.72. The van der Waals surface area contributed by atoms with Crippen LogP contribution >= 0.6 is 0 Å². The third-order valence-electron chi connectivity index (χ3n) is 3.32. The molecule has 1 aromatic carbocycles. The van der Waals surface area contributed by atoms with Crippen LogP contribution in [0, 0.1) is 0 Å². The Bertz CT molecular complexity index is 569. The van der Waals surface area contributed by atoms with Gasteiger partial charge in [-0.05, 0) is 42.0 Å². The van der Waals surface area contributed by atoms with Gasteiger partial charge < -0.3 is 9.30 Å². The van der Waals surface area contributed by atoms with Crippen molar-refractivity contribution in [1.29, 1.82) is 0 Å². The molecule has 0 bridgehead atoms. The molecular weight excluding hydrogens is 238 g/mol. The lowest BCUT2D eigenvalue weighted by Crippen LogP contribution is -2.08. The summed E-state index contributed by atoms with van der Waals surface area (Å²) in [7, 11) is 0. The van der Waals surface area contributed by atoms with Crippen molar-refractivity contribution in [2.24, 2.45) is 0 Å². The van der Waals surface area contributed by atoms with E-state index in [1.54, 1.807) is 0 Å². The van der Waals surface area contributed by atoms with Gasteiger partial charge in [-0.1, -0.05) is 19.9 Å². The fraction of sp³-hybridized carbons (Fsp3) is 0.438. The van der Waals surface area contributed by atoms with Gasteiger partial charge in [-0.15, -0.1) is 0 Å². The Morgan fingerprint density at radius 1 is 1.32 bits per heavy atom. The normalized spacial score (nSPS) is 11.2. The average Bonchev–Trinajstić information content (AvgIpc) is 2.79. The number of rotatable bonds is 5. The molecule has 0 unspecified atom stereocenters. The van der Waals surface area contributed by atoms with Crippen molar-refractivity contribution in [2.45, 2.75) is 39.7 Å². The highest BCUT2D eigenvalue weighted by Gasteiger charge is 2.07. The lowest BCUT2D eigenvalue weighted by atomic mass is 10.0. The molecule has 0 aliphatic heterocycles. The minimum Gasteiger partial charge on any atom is -0.466 e. The number of hydrogen-bond acceptors (Lipinski definition) is 2. The molecule has 1 aromatic heterocycles. The zero-order valence-corrected chi connectivity index (χ0v) is 11.8. The van der Waals surface area contributed by atoms with Crippen LogP contribution in [0.25, 0.3) is 10.9 Å². The second-order valence-corrected chi connectivity index (χ2v) is 5.04. The van der Waals surface area contributed by atoms with E-state index in [1.165, 1.54) is 16.5 Å². The van der Waals surface area contributed by atoms with Crippen molar-refractivity contribution < 1.29 is 9.53 Å². The van der Waals surface area contributed by atoms with Crippen molar-refractivity contribution in [3.05, 3.63) is 36.0 Å². The molecule has 0 aliphatic rings. The first-order valence-corrected chi connectivity index (χ1v) is 6.86. The Kier molecular flexibility index (Phi) is 4.25. The minimum atomic E-state index is -0.136. The molecule has 102 valence electrons. The lowest BCUT2D eigenvalue weighted by molar-refractivity contribution is -0.143. The molecule has 2 aromatic rings. The topological polar surface area (TPSA) is 31.2 Å². The van der Waals surface area contributed by atoms with E-state index < -0.39 is 0 Å². The van der Waals surface area contributed by atoms with Crippen LogP contribution in [0.15, 0.2) is 30.5 Å². The smallest absolute Gasteiger partial charge is 0.307 e. The minimum absolute atomic E-state index is 0.136. The van der Waals surface area contributed by atoms with Gasteiger partial charge >= 0.3 is 5.97 Å². The number of fused-ring (bicyclic) bond motifs is 1. The fourth-order valence-electron chi connectivity index (χ4n) is 2.22. The van der Waals surface area contributed by atoms with Gasteiger partial charge in [0.15, 0.2) is 0 Å². The van der Waals surface area contributed by atoms with E-state index >= 15 is 0 Å². The van der Waals surface area contributed by atoms with Gasteiger partial charge in [0.1, 0.15) is 0 Å². The molecule has 0 aliphatic carbocycles. The zero-order chi connectivity index (χ0) is 13.8. The molecule has 3 nitrogen and oxygen atoms in total. The van der Waals surface area contributed by atoms with Gasteiger partial charge in [-0.25, -0.2) is 0 Å².